The van der Waals surface area contributed by atoms with Gasteiger partial charge in [0.25, 0.3) is 0 Å². The second-order valence-electron chi connectivity index (χ2n) is 4.55. The zero-order valence-electron chi connectivity index (χ0n) is 8.73. The van der Waals surface area contributed by atoms with Crippen LogP contribution in [-0.4, -0.2) is 23.0 Å². The Morgan fingerprint density at radius 3 is 2.08 bits per heavy atom. The van der Waals surface area contributed by atoms with E-state index in [0.717, 1.165) is 5.75 Å². The minimum Gasteiger partial charge on any atom is -1.00 e. The van der Waals surface area contributed by atoms with Gasteiger partial charge in [-0.1, -0.05) is 20.8 Å². The van der Waals surface area contributed by atoms with Gasteiger partial charge in [-0.05, 0) is 23.7 Å². The molecule has 1 nitrogen and oxygen atoms in total. The van der Waals surface area contributed by atoms with E-state index in [2.05, 4.69) is 0 Å². The summed E-state index contributed by atoms with van der Waals surface area (Å²) in [5, 5.41) is 0. The first-order valence-corrected chi connectivity index (χ1v) is 6.41. The summed E-state index contributed by atoms with van der Waals surface area (Å²) >= 11 is 0. The summed E-state index contributed by atoms with van der Waals surface area (Å²) in [5.74, 6) is 3.92. The van der Waals surface area contributed by atoms with Crippen LogP contribution < -0.4 is 17.0 Å². The summed E-state index contributed by atoms with van der Waals surface area (Å²) < 4.78 is 0. The summed E-state index contributed by atoms with van der Waals surface area (Å²) in [7, 11) is 0.447. The molecule has 1 saturated heterocycles. The van der Waals surface area contributed by atoms with Crippen LogP contribution in [0.15, 0.2) is 0 Å². The first-order chi connectivity index (χ1) is 5.50. The first-order valence-electron chi connectivity index (χ1n) is 4.67. The Morgan fingerprint density at radius 1 is 1.23 bits per heavy atom. The maximum Gasteiger partial charge on any atom is 0.187 e. The normalized spacial score (nSPS) is 18.4. The third-order valence-corrected chi connectivity index (χ3v) is 4.69. The molecular weight excluding hydrogens is 248 g/mol. The van der Waals surface area contributed by atoms with Crippen molar-refractivity contribution in [2.24, 2.45) is 5.41 Å². The summed E-state index contributed by atoms with van der Waals surface area (Å²) in [6, 6.07) is 0. The number of hydrogen-bond donors (Lipinski definition) is 0. The second kappa shape index (κ2) is 5.40. The number of carbonyl (C=O) groups is 1. The second-order valence-corrected chi connectivity index (χ2v) is 6.88. The van der Waals surface area contributed by atoms with Crippen LogP contribution in [0.2, 0.25) is 0 Å². The van der Waals surface area contributed by atoms with Gasteiger partial charge in [0.1, 0.15) is 11.5 Å². The molecule has 0 bridgehead atoms. The van der Waals surface area contributed by atoms with Gasteiger partial charge in [-0.25, -0.2) is 0 Å². The van der Waals surface area contributed by atoms with Gasteiger partial charge < -0.3 is 17.0 Å². The third-order valence-electron chi connectivity index (χ3n) is 2.29. The van der Waals surface area contributed by atoms with Gasteiger partial charge in [0.15, 0.2) is 11.5 Å². The van der Waals surface area contributed by atoms with Crippen molar-refractivity contribution < 1.29 is 21.8 Å². The SMILES string of the molecule is CC(C)(C)C(=O)C[S+]1CCCC1.[Br-]. The summed E-state index contributed by atoms with van der Waals surface area (Å²) in [6.45, 7) is 6.07. The number of ketones is 1. The first kappa shape index (κ1) is 13.5. The van der Waals surface area contributed by atoms with Crippen molar-refractivity contribution in [3.63, 3.8) is 0 Å². The maximum atomic E-state index is 11.6. The lowest BCUT2D eigenvalue weighted by molar-refractivity contribution is -0.123. The summed E-state index contributed by atoms with van der Waals surface area (Å²) in [5.41, 5.74) is -0.115. The molecule has 0 saturated carbocycles. The zero-order valence-corrected chi connectivity index (χ0v) is 11.1. The van der Waals surface area contributed by atoms with E-state index in [1.807, 2.05) is 20.8 Å². The molecular formula is C10H19BrOS. The highest BCUT2D eigenvalue weighted by molar-refractivity contribution is 7.97. The number of halogens is 1. The van der Waals surface area contributed by atoms with Crippen LogP contribution in [-0.2, 0) is 15.7 Å². The highest BCUT2D eigenvalue weighted by Crippen LogP contribution is 2.20. The van der Waals surface area contributed by atoms with E-state index in [1.54, 1.807) is 0 Å². The van der Waals surface area contributed by atoms with E-state index in [4.69, 9.17) is 0 Å². The molecule has 3 heteroatoms. The predicted octanol–water partition coefficient (Wildman–Crippen LogP) is -0.982. The van der Waals surface area contributed by atoms with E-state index in [0.29, 0.717) is 16.7 Å². The largest absolute Gasteiger partial charge is 1.00 e. The number of hydrogen-bond acceptors (Lipinski definition) is 1. The standard InChI is InChI=1S/C10H19OS.BrH/c1-10(2,3)9(11)8-12-6-4-5-7-12;/h4-8H2,1-3H3;1H/q+1;/p-1. The molecule has 0 unspecified atom stereocenters. The number of rotatable bonds is 2. The Balaban J connectivity index is 0.00000144. The minimum atomic E-state index is -0.115. The molecule has 0 aromatic heterocycles. The number of Topliss-reactive ketones (excluding diaryl/α,β-unsaturated/α-hetero) is 1. The van der Waals surface area contributed by atoms with E-state index in [9.17, 15) is 4.79 Å². The maximum absolute atomic E-state index is 11.6. The van der Waals surface area contributed by atoms with E-state index in [1.165, 1.54) is 24.3 Å². The van der Waals surface area contributed by atoms with Gasteiger partial charge in [0, 0.05) is 5.41 Å². The monoisotopic (exact) mass is 266 g/mol. The van der Waals surface area contributed by atoms with Crippen LogP contribution in [0, 0.1) is 5.41 Å². The fraction of sp³-hybridized carbons (Fsp3) is 0.900. The topological polar surface area (TPSA) is 17.1 Å². The average molecular weight is 267 g/mol. The summed E-state index contributed by atoms with van der Waals surface area (Å²) in [4.78, 5) is 11.6. The van der Waals surface area contributed by atoms with Crippen molar-refractivity contribution in [3.05, 3.63) is 0 Å². The van der Waals surface area contributed by atoms with Gasteiger partial charge in [0.2, 0.25) is 0 Å². The van der Waals surface area contributed by atoms with Gasteiger partial charge in [-0.15, -0.1) is 0 Å². The van der Waals surface area contributed by atoms with Crippen molar-refractivity contribution in [1.29, 1.82) is 0 Å². The van der Waals surface area contributed by atoms with Gasteiger partial charge in [0.05, 0.1) is 0 Å². The van der Waals surface area contributed by atoms with Crippen LogP contribution in [0.25, 0.3) is 0 Å². The Hall–Kier alpha value is 0.500. The highest BCUT2D eigenvalue weighted by atomic mass is 79.9. The molecule has 1 heterocycles. The van der Waals surface area contributed by atoms with Crippen molar-refractivity contribution in [3.8, 4) is 0 Å². The third kappa shape index (κ3) is 4.50. The van der Waals surface area contributed by atoms with Gasteiger partial charge in [-0.3, -0.25) is 4.79 Å². The van der Waals surface area contributed by atoms with E-state index >= 15 is 0 Å². The molecule has 1 fully saturated rings. The Morgan fingerprint density at radius 2 is 1.69 bits per heavy atom. The van der Waals surface area contributed by atoms with Crippen LogP contribution in [0.5, 0.6) is 0 Å². The highest BCUT2D eigenvalue weighted by Gasteiger charge is 2.32. The predicted molar refractivity (Wildman–Crippen MR) is 55.7 cm³/mol. The smallest absolute Gasteiger partial charge is 0.187 e. The Labute approximate surface area is 94.8 Å². The lowest BCUT2D eigenvalue weighted by atomic mass is 9.92. The quantitative estimate of drug-likeness (QED) is 0.588. The lowest BCUT2D eigenvalue weighted by Crippen LogP contribution is -3.00. The molecule has 1 aliphatic heterocycles. The van der Waals surface area contributed by atoms with Crippen LogP contribution in [0.4, 0.5) is 0 Å². The minimum absolute atomic E-state index is 0. The van der Waals surface area contributed by atoms with Crippen molar-refractivity contribution in [2.45, 2.75) is 33.6 Å². The fourth-order valence-electron chi connectivity index (χ4n) is 1.26. The van der Waals surface area contributed by atoms with E-state index < -0.39 is 0 Å². The molecule has 0 N–H and O–H groups in total. The van der Waals surface area contributed by atoms with Crippen LogP contribution in [0.1, 0.15) is 33.6 Å². The zero-order chi connectivity index (χ0) is 9.19. The summed E-state index contributed by atoms with van der Waals surface area (Å²) in [6.07, 6.45) is 2.70. The van der Waals surface area contributed by atoms with E-state index in [-0.39, 0.29) is 22.4 Å². The van der Waals surface area contributed by atoms with Crippen molar-refractivity contribution >= 4 is 16.7 Å². The van der Waals surface area contributed by atoms with Gasteiger partial charge in [-0.2, -0.15) is 0 Å². The lowest BCUT2D eigenvalue weighted by Gasteiger charge is -2.14. The molecule has 1 aliphatic rings. The molecule has 0 atom stereocenters. The molecule has 1 rings (SSSR count). The molecule has 0 aromatic rings. The van der Waals surface area contributed by atoms with Crippen molar-refractivity contribution in [1.82, 2.24) is 0 Å². The molecule has 0 radical (unpaired) electrons. The Bertz CT molecular complexity index is 168. The van der Waals surface area contributed by atoms with Gasteiger partial charge >= 0.3 is 0 Å². The number of carbonyl (C=O) groups excluding carboxylic acids is 1. The molecule has 0 aromatic carbocycles. The molecule has 78 valence electrons. The Kier molecular flexibility index (Phi) is 5.61. The van der Waals surface area contributed by atoms with Crippen LogP contribution >= 0.6 is 0 Å². The van der Waals surface area contributed by atoms with Crippen molar-refractivity contribution in [2.75, 3.05) is 17.3 Å². The molecule has 13 heavy (non-hydrogen) atoms. The fourth-order valence-corrected chi connectivity index (χ4v) is 3.78. The average Bonchev–Trinajstić information content (AvgIpc) is 2.37. The molecule has 0 aliphatic carbocycles. The molecule has 0 amide bonds. The van der Waals surface area contributed by atoms with Crippen LogP contribution in [0.3, 0.4) is 0 Å². The molecule has 0 spiro atoms.